The van der Waals surface area contributed by atoms with Crippen LogP contribution in [0.5, 0.6) is 0 Å². The van der Waals surface area contributed by atoms with E-state index >= 15 is 0 Å². The van der Waals surface area contributed by atoms with Crippen LogP contribution in [0.15, 0.2) is 36.4 Å². The molecule has 164 valence electrons. The number of aryl methyl sites for hydroxylation is 2. The molecule has 0 spiro atoms. The van der Waals surface area contributed by atoms with E-state index in [1.165, 1.54) is 5.56 Å². The summed E-state index contributed by atoms with van der Waals surface area (Å²) in [7, 11) is 1.69. The molecule has 0 atom stereocenters. The molecule has 4 rings (SSSR count). The van der Waals surface area contributed by atoms with Gasteiger partial charge in [-0.3, -0.25) is 9.89 Å². The fraction of sp³-hybridized carbons (Fsp3) is 0.346. The van der Waals surface area contributed by atoms with Crippen LogP contribution in [0.25, 0.3) is 11.3 Å². The van der Waals surface area contributed by atoms with Crippen molar-refractivity contribution in [3.63, 3.8) is 0 Å². The number of amides is 1. The van der Waals surface area contributed by atoms with Crippen LogP contribution in [-0.4, -0.2) is 47.8 Å². The molecule has 1 aliphatic rings. The lowest BCUT2D eigenvalue weighted by Gasteiger charge is -2.40. The lowest BCUT2D eigenvalue weighted by molar-refractivity contribution is 0.0601. The van der Waals surface area contributed by atoms with Gasteiger partial charge < -0.3 is 9.64 Å². The van der Waals surface area contributed by atoms with Gasteiger partial charge in [-0.15, -0.1) is 0 Å². The fourth-order valence-electron chi connectivity index (χ4n) is 4.34. The number of H-pyrrole nitrogens is 1. The molecule has 1 saturated heterocycles. The van der Waals surface area contributed by atoms with Crippen LogP contribution in [0.4, 0.5) is 0 Å². The molecule has 1 aromatic heterocycles. The summed E-state index contributed by atoms with van der Waals surface area (Å²) in [5.41, 5.74) is 8.66. The summed E-state index contributed by atoms with van der Waals surface area (Å²) in [6, 6.07) is 13.9. The normalized spacial score (nSPS) is 13.7. The van der Waals surface area contributed by atoms with E-state index in [1.54, 1.807) is 7.11 Å². The summed E-state index contributed by atoms with van der Waals surface area (Å²) >= 11 is 0. The van der Waals surface area contributed by atoms with Gasteiger partial charge in [0.25, 0.3) is 5.91 Å². The Morgan fingerprint density at radius 1 is 1.19 bits per heavy atom. The molecule has 0 unspecified atom stereocenters. The van der Waals surface area contributed by atoms with Crippen LogP contribution in [-0.2, 0) is 11.2 Å². The summed E-state index contributed by atoms with van der Waals surface area (Å²) in [4.78, 5) is 15.2. The number of aromatic amines is 1. The minimum absolute atomic E-state index is 0.0569. The van der Waals surface area contributed by atoms with E-state index < -0.39 is 0 Å². The molecule has 0 radical (unpaired) electrons. The minimum Gasteiger partial charge on any atom is -0.384 e. The Balaban J connectivity index is 1.54. The summed E-state index contributed by atoms with van der Waals surface area (Å²) in [5.74, 6) is 0.371. The van der Waals surface area contributed by atoms with E-state index in [1.807, 2.05) is 42.2 Å². The monoisotopic (exact) mass is 428 g/mol. The largest absolute Gasteiger partial charge is 0.384 e. The van der Waals surface area contributed by atoms with E-state index in [2.05, 4.69) is 36.2 Å². The van der Waals surface area contributed by atoms with Crippen LogP contribution in [0.3, 0.4) is 0 Å². The van der Waals surface area contributed by atoms with Crippen LogP contribution in [0.2, 0.25) is 0 Å². The molecule has 1 aliphatic heterocycles. The fourth-order valence-corrected chi connectivity index (χ4v) is 4.34. The number of nitriles is 1. The maximum Gasteiger partial charge on any atom is 0.254 e. The van der Waals surface area contributed by atoms with Gasteiger partial charge in [-0.2, -0.15) is 10.4 Å². The number of rotatable bonds is 6. The number of nitrogens with zero attached hydrogens (tertiary/aromatic N) is 3. The first-order valence-corrected chi connectivity index (χ1v) is 10.9. The summed E-state index contributed by atoms with van der Waals surface area (Å²) in [6.07, 6.45) is 0.774. The van der Waals surface area contributed by atoms with Crippen molar-refractivity contribution in [2.45, 2.75) is 33.1 Å². The number of ether oxygens (including phenoxy) is 1. The third kappa shape index (κ3) is 4.04. The Bertz CT molecular complexity index is 1180. The number of carbonyl (C=O) groups excluding carboxylic acids is 1. The standard InChI is InChI=1S/C26H28N4O2/c1-16-11-17(2)23(12-22(16)25-18(3)24(28-29-25)9-10-32-4)26(31)30-14-21(15-30)20-7-5-19(13-27)6-8-20/h5-8,11-12,21H,9-10,14-15H2,1-4H3,(H,28,29). The highest BCUT2D eigenvalue weighted by Gasteiger charge is 2.33. The average molecular weight is 429 g/mol. The number of carbonyl (C=O) groups is 1. The summed E-state index contributed by atoms with van der Waals surface area (Å²) in [5, 5.41) is 16.6. The number of nitrogens with one attached hydrogen (secondary N) is 1. The highest BCUT2D eigenvalue weighted by atomic mass is 16.5. The van der Waals surface area contributed by atoms with Gasteiger partial charge in [0.15, 0.2) is 0 Å². The minimum atomic E-state index is 0.0569. The predicted octanol–water partition coefficient (Wildman–Crippen LogP) is 4.30. The van der Waals surface area contributed by atoms with Crippen LogP contribution in [0.1, 0.15) is 49.8 Å². The maximum absolute atomic E-state index is 13.3. The van der Waals surface area contributed by atoms with Gasteiger partial charge in [-0.1, -0.05) is 18.2 Å². The summed E-state index contributed by atoms with van der Waals surface area (Å²) < 4.78 is 5.19. The van der Waals surface area contributed by atoms with Crippen molar-refractivity contribution < 1.29 is 9.53 Å². The molecule has 1 amide bonds. The predicted molar refractivity (Wildman–Crippen MR) is 124 cm³/mol. The third-order valence-corrected chi connectivity index (χ3v) is 6.40. The Labute approximate surface area is 188 Å². The zero-order valence-electron chi connectivity index (χ0n) is 19.0. The van der Waals surface area contributed by atoms with E-state index in [0.717, 1.165) is 45.6 Å². The van der Waals surface area contributed by atoms with Gasteiger partial charge in [0, 0.05) is 49.4 Å². The topological polar surface area (TPSA) is 82.0 Å². The molecule has 6 nitrogen and oxygen atoms in total. The number of hydrogen-bond donors (Lipinski definition) is 1. The molecule has 1 fully saturated rings. The lowest BCUT2D eigenvalue weighted by Crippen LogP contribution is -2.48. The SMILES string of the molecule is COCCc1[nH]nc(-c2cc(C(=O)N3CC(c4ccc(C#N)cc4)C3)c(C)cc2C)c1C. The first-order valence-electron chi connectivity index (χ1n) is 10.9. The van der Waals surface area contributed by atoms with Crippen molar-refractivity contribution in [3.8, 4) is 17.3 Å². The quantitative estimate of drug-likeness (QED) is 0.635. The Morgan fingerprint density at radius 3 is 2.56 bits per heavy atom. The number of hydrogen-bond acceptors (Lipinski definition) is 4. The molecule has 2 heterocycles. The van der Waals surface area contributed by atoms with Gasteiger partial charge in [-0.25, -0.2) is 0 Å². The first-order chi connectivity index (χ1) is 15.4. The Hall–Kier alpha value is -3.43. The molecule has 3 aromatic rings. The molecular weight excluding hydrogens is 400 g/mol. The number of aromatic nitrogens is 2. The van der Waals surface area contributed by atoms with Crippen molar-refractivity contribution in [2.24, 2.45) is 0 Å². The summed E-state index contributed by atoms with van der Waals surface area (Å²) in [6.45, 7) is 8.12. The third-order valence-electron chi connectivity index (χ3n) is 6.40. The molecular formula is C26H28N4O2. The van der Waals surface area contributed by atoms with Crippen LogP contribution < -0.4 is 0 Å². The van der Waals surface area contributed by atoms with Crippen molar-refractivity contribution in [2.75, 3.05) is 26.8 Å². The van der Waals surface area contributed by atoms with Crippen molar-refractivity contribution >= 4 is 5.91 Å². The highest BCUT2D eigenvalue weighted by molar-refractivity contribution is 5.98. The molecule has 2 aromatic carbocycles. The smallest absolute Gasteiger partial charge is 0.254 e. The molecule has 6 heteroatoms. The second-order valence-electron chi connectivity index (χ2n) is 8.54. The van der Waals surface area contributed by atoms with Gasteiger partial charge in [0.05, 0.1) is 23.9 Å². The number of methoxy groups -OCH3 is 1. The van der Waals surface area contributed by atoms with E-state index in [9.17, 15) is 4.79 Å². The second-order valence-corrected chi connectivity index (χ2v) is 8.54. The van der Waals surface area contributed by atoms with Crippen LogP contribution >= 0.6 is 0 Å². The van der Waals surface area contributed by atoms with Crippen molar-refractivity contribution in [3.05, 3.63) is 75.5 Å². The first kappa shape index (κ1) is 21.8. The van der Waals surface area contributed by atoms with Crippen LogP contribution in [0, 0.1) is 32.1 Å². The van der Waals surface area contributed by atoms with E-state index in [0.29, 0.717) is 31.2 Å². The average Bonchev–Trinajstić information content (AvgIpc) is 3.11. The molecule has 0 bridgehead atoms. The lowest BCUT2D eigenvalue weighted by atomic mass is 9.89. The number of benzene rings is 2. The van der Waals surface area contributed by atoms with E-state index in [-0.39, 0.29) is 5.91 Å². The van der Waals surface area contributed by atoms with Gasteiger partial charge in [-0.05, 0) is 61.2 Å². The van der Waals surface area contributed by atoms with Crippen molar-refractivity contribution in [1.29, 1.82) is 5.26 Å². The molecule has 0 saturated carbocycles. The van der Waals surface area contributed by atoms with E-state index in [4.69, 9.17) is 10.00 Å². The molecule has 1 N–H and O–H groups in total. The van der Waals surface area contributed by atoms with Gasteiger partial charge in [0.1, 0.15) is 0 Å². The van der Waals surface area contributed by atoms with Crippen molar-refractivity contribution in [1.82, 2.24) is 15.1 Å². The molecule has 0 aliphatic carbocycles. The highest BCUT2D eigenvalue weighted by Crippen LogP contribution is 2.32. The van der Waals surface area contributed by atoms with Gasteiger partial charge >= 0.3 is 0 Å². The van der Waals surface area contributed by atoms with Gasteiger partial charge in [0.2, 0.25) is 0 Å². The zero-order chi connectivity index (χ0) is 22.8. The Morgan fingerprint density at radius 2 is 1.91 bits per heavy atom. The second kappa shape index (κ2) is 8.97. The molecule has 32 heavy (non-hydrogen) atoms. The number of likely N-dealkylation sites (tertiary alicyclic amines) is 1. The zero-order valence-corrected chi connectivity index (χ0v) is 19.0. The maximum atomic E-state index is 13.3. The Kier molecular flexibility index (Phi) is 6.11.